The zero-order valence-electron chi connectivity index (χ0n) is 50.5. The van der Waals surface area contributed by atoms with Crippen LogP contribution in [0.1, 0.15) is 192 Å². The van der Waals surface area contributed by atoms with E-state index >= 15 is 0 Å². The van der Waals surface area contributed by atoms with Crippen LogP contribution in [-0.4, -0.2) is 190 Å². The molecule has 3 fully saturated rings. The van der Waals surface area contributed by atoms with E-state index in [4.69, 9.17) is 47.9 Å². The average molecular weight is 1170 g/mol. The van der Waals surface area contributed by atoms with Crippen molar-refractivity contribution in [2.75, 3.05) is 27.8 Å². The first-order chi connectivity index (χ1) is 37.0. The quantitative estimate of drug-likeness (QED) is 0.0312. The number of nitrogens with zero attached hydrogens (tertiary/aromatic N) is 1. The minimum absolute atomic E-state index is 0.0760. The van der Waals surface area contributed by atoms with Gasteiger partial charge in [-0.3, -0.25) is 28.5 Å². The van der Waals surface area contributed by atoms with Crippen molar-refractivity contribution in [2.24, 2.45) is 23.7 Å². The van der Waals surface area contributed by atoms with Crippen molar-refractivity contribution in [3.8, 4) is 0 Å². The standard InChI is InChI=1S/C40H71NO14.C12H26O4S.C4H6O4/c1-15-27-40(11,48)33(44)22(5)30(43)20(3)18-38(9,47)35(55-37-32(53-28(42)16-2)26(41(12)13)17-21(4)50-37)23(6)31(24(7)36(46)52-27)54-29-19-39(10,49-14)34(45)25(8)51-29;1-2-3-4-5-6-7-8-9-10-11-12-16-17(13,14)15;5-3(6)1-2-4(7)8/h20-27,29,31-35,37,44-45,47-48H,15-19H2,1-14H3;2-12H2,1H3,(H,13,14,15);1-2H2,(H,5,6)(H,7,8)/t20-,21-,22+,23+,24-,25+,26+,27-,29+,31+,32-,33-,34+,35-,37+,38-,39-,40-;;/m1../s1. The molecule has 0 spiro atoms. The Morgan fingerprint density at radius 3 is 1.76 bits per heavy atom. The van der Waals surface area contributed by atoms with Gasteiger partial charge in [-0.05, 0) is 81.3 Å². The molecule has 23 nitrogen and oxygen atoms in total. The molecule has 0 amide bonds. The van der Waals surface area contributed by atoms with Crippen LogP contribution in [-0.2, 0) is 71.7 Å². The van der Waals surface area contributed by atoms with E-state index in [0.717, 1.165) is 12.8 Å². The van der Waals surface area contributed by atoms with Crippen molar-refractivity contribution in [1.82, 2.24) is 4.90 Å². The Morgan fingerprint density at radius 2 is 1.29 bits per heavy atom. The molecule has 3 rings (SSSR count). The van der Waals surface area contributed by atoms with Gasteiger partial charge in [0.05, 0.1) is 73.1 Å². The fourth-order valence-corrected chi connectivity index (χ4v) is 11.1. The number of likely N-dealkylation sites (N-methyl/N-ethyl adjacent to an activating group) is 1. The Morgan fingerprint density at radius 1 is 0.750 bits per heavy atom. The highest BCUT2D eigenvalue weighted by Crippen LogP contribution is 2.41. The van der Waals surface area contributed by atoms with Gasteiger partial charge < -0.3 is 68.7 Å². The minimum atomic E-state index is -4.23. The van der Waals surface area contributed by atoms with Crippen LogP contribution in [0.4, 0.5) is 0 Å². The van der Waals surface area contributed by atoms with E-state index in [0.29, 0.717) is 12.8 Å². The van der Waals surface area contributed by atoms with Gasteiger partial charge in [0.2, 0.25) is 0 Å². The van der Waals surface area contributed by atoms with E-state index in [9.17, 15) is 52.8 Å². The number of unbranched alkanes of at least 4 members (excludes halogenated alkanes) is 9. The number of methoxy groups -OCH3 is 1. The predicted octanol–water partition coefficient (Wildman–Crippen LogP) is 6.41. The number of ketones is 1. The summed E-state index contributed by atoms with van der Waals surface area (Å²) in [5.74, 6) is -7.74. The molecule has 0 aromatic rings. The first-order valence-corrected chi connectivity index (χ1v) is 30.0. The highest BCUT2D eigenvalue weighted by molar-refractivity contribution is 7.80. The fraction of sp³-hybridized carbons (Fsp3) is 0.911. The highest BCUT2D eigenvalue weighted by Gasteiger charge is 2.54. The zero-order chi connectivity index (χ0) is 61.5. The minimum Gasteiger partial charge on any atom is -0.481 e. The molecule has 7 N–H and O–H groups in total. The summed E-state index contributed by atoms with van der Waals surface area (Å²) in [7, 11) is 0.973. The molecule has 80 heavy (non-hydrogen) atoms. The molecule has 0 aromatic carbocycles. The summed E-state index contributed by atoms with van der Waals surface area (Å²) in [6.45, 7) is 20.3. The first-order valence-electron chi connectivity index (χ1n) is 28.7. The molecule has 0 bridgehead atoms. The normalized spacial score (nSPS) is 35.6. The average Bonchev–Trinajstić information content (AvgIpc) is 3.37. The van der Waals surface area contributed by atoms with Crippen LogP contribution < -0.4 is 0 Å². The number of hydrogen-bond acceptors (Lipinski definition) is 20. The van der Waals surface area contributed by atoms with Gasteiger partial charge in [0.15, 0.2) is 18.7 Å². The number of carbonyl (C=O) groups excluding carboxylic acids is 3. The van der Waals surface area contributed by atoms with E-state index in [1.165, 1.54) is 72.8 Å². The number of Topliss-reactive ketones (excluding diaryl/α,β-unsaturated/α-hetero) is 1. The number of carbonyl (C=O) groups is 5. The van der Waals surface area contributed by atoms with Gasteiger partial charge in [-0.15, -0.1) is 0 Å². The number of ether oxygens (including phenoxy) is 7. The molecule has 24 heteroatoms. The summed E-state index contributed by atoms with van der Waals surface area (Å²) in [5.41, 5.74) is -4.92. The number of hydrogen-bond donors (Lipinski definition) is 7. The molecule has 3 saturated heterocycles. The third-order valence-corrected chi connectivity index (χ3v) is 16.1. The molecule has 18 atom stereocenters. The molecule has 0 aromatic heterocycles. The molecular formula is C56H103NO22S. The fourth-order valence-electron chi connectivity index (χ4n) is 10.7. The Balaban J connectivity index is 0.00000105. The second-order valence-corrected chi connectivity index (χ2v) is 24.1. The number of rotatable bonds is 24. The van der Waals surface area contributed by atoms with E-state index in [-0.39, 0.29) is 57.3 Å². The molecule has 3 heterocycles. The summed E-state index contributed by atoms with van der Waals surface area (Å²) in [4.78, 5) is 62.2. The summed E-state index contributed by atoms with van der Waals surface area (Å²) in [5, 5.41) is 62.4. The predicted molar refractivity (Wildman–Crippen MR) is 294 cm³/mol. The maximum atomic E-state index is 14.2. The van der Waals surface area contributed by atoms with Gasteiger partial charge in [-0.1, -0.05) is 99.3 Å². The third kappa shape index (κ3) is 24.7. The lowest BCUT2D eigenvalue weighted by molar-refractivity contribution is -0.319. The van der Waals surface area contributed by atoms with Crippen LogP contribution in [0.2, 0.25) is 0 Å². The number of carboxylic acids is 2. The van der Waals surface area contributed by atoms with Crippen molar-refractivity contribution in [3.05, 3.63) is 0 Å². The SMILES string of the molecule is CCC(=O)O[C@H]1[C@H](O[C@@H]2[C@@H](C)[C@H](O[C@H]3C[C@@](C)(OC)[C@@H](O)[C@H](C)O3)[C@@H](C)C(=O)O[C@H](CC)[C@@](C)(O)[C@H](O)[C@@H](C)C(=O)[C@H](C)C[C@@]2(C)O)O[C@H](C)C[C@@H]1N(C)C.CCCCCCCCCCCCOS(=O)(=O)O.O=C(O)CCC(=O)O. The van der Waals surface area contributed by atoms with Crippen molar-refractivity contribution in [3.63, 3.8) is 0 Å². The number of carboxylic acid groups (broad SMARTS) is 2. The van der Waals surface area contributed by atoms with Gasteiger partial charge in [0.1, 0.15) is 23.6 Å². The Labute approximate surface area is 476 Å². The van der Waals surface area contributed by atoms with Gasteiger partial charge in [0, 0.05) is 37.7 Å². The van der Waals surface area contributed by atoms with Crippen LogP contribution in [0.3, 0.4) is 0 Å². The highest BCUT2D eigenvalue weighted by atomic mass is 32.3. The number of cyclic esters (lactones) is 1. The van der Waals surface area contributed by atoms with Crippen molar-refractivity contribution in [2.45, 2.75) is 276 Å². The Kier molecular flexibility index (Phi) is 33.2. The summed E-state index contributed by atoms with van der Waals surface area (Å²) in [6, 6.07) is -0.319. The number of aliphatic carboxylic acids is 2. The smallest absolute Gasteiger partial charge is 0.397 e. The van der Waals surface area contributed by atoms with Crippen LogP contribution in [0.15, 0.2) is 0 Å². The van der Waals surface area contributed by atoms with E-state index in [1.807, 2.05) is 25.9 Å². The van der Waals surface area contributed by atoms with Crippen LogP contribution >= 0.6 is 0 Å². The lowest BCUT2D eigenvalue weighted by Gasteiger charge is -2.49. The molecule has 0 unspecified atom stereocenters. The van der Waals surface area contributed by atoms with E-state index < -0.39 is 136 Å². The molecule has 0 aliphatic carbocycles. The van der Waals surface area contributed by atoms with E-state index in [2.05, 4.69) is 11.1 Å². The second kappa shape index (κ2) is 35.3. The number of esters is 2. The van der Waals surface area contributed by atoms with Gasteiger partial charge >= 0.3 is 34.3 Å². The summed E-state index contributed by atoms with van der Waals surface area (Å²) >= 11 is 0. The molecule has 3 aliphatic heterocycles. The van der Waals surface area contributed by atoms with Crippen LogP contribution in [0.25, 0.3) is 0 Å². The zero-order valence-corrected chi connectivity index (χ0v) is 51.3. The van der Waals surface area contributed by atoms with Crippen molar-refractivity contribution >= 4 is 40.1 Å². The second-order valence-electron chi connectivity index (χ2n) is 23.0. The van der Waals surface area contributed by atoms with Gasteiger partial charge in [-0.25, -0.2) is 4.18 Å². The molecule has 470 valence electrons. The molecule has 0 radical (unpaired) electrons. The Bertz CT molecular complexity index is 1960. The van der Waals surface area contributed by atoms with Crippen molar-refractivity contribution < 1.29 is 105 Å². The largest absolute Gasteiger partial charge is 0.481 e. The number of aliphatic hydroxyl groups excluding tert-OH is 2. The maximum Gasteiger partial charge on any atom is 0.397 e. The molecular weight excluding hydrogens is 1070 g/mol. The molecule has 0 saturated carbocycles. The van der Waals surface area contributed by atoms with Gasteiger partial charge in [0.25, 0.3) is 0 Å². The lowest BCUT2D eigenvalue weighted by Crippen LogP contribution is -2.61. The van der Waals surface area contributed by atoms with Crippen LogP contribution in [0, 0.1) is 23.7 Å². The van der Waals surface area contributed by atoms with Gasteiger partial charge in [-0.2, -0.15) is 8.42 Å². The summed E-state index contributed by atoms with van der Waals surface area (Å²) < 4.78 is 76.6. The number of aliphatic hydroxyl groups is 4. The Hall–Kier alpha value is -2.98. The maximum absolute atomic E-state index is 14.2. The monoisotopic (exact) mass is 1170 g/mol. The van der Waals surface area contributed by atoms with E-state index in [1.54, 1.807) is 48.5 Å². The topological polar surface area (TPSA) is 338 Å². The third-order valence-electron chi connectivity index (χ3n) is 15.6. The lowest BCUT2D eigenvalue weighted by atomic mass is 9.74. The van der Waals surface area contributed by atoms with Crippen LogP contribution in [0.5, 0.6) is 0 Å². The van der Waals surface area contributed by atoms with Crippen molar-refractivity contribution in [1.29, 1.82) is 0 Å². The summed E-state index contributed by atoms with van der Waals surface area (Å²) in [6.07, 6.45) is 1.58. The molecule has 3 aliphatic rings. The first kappa shape index (κ1) is 75.0.